The van der Waals surface area contributed by atoms with Crippen molar-refractivity contribution < 1.29 is 15.3 Å². The third-order valence-corrected chi connectivity index (χ3v) is 5.49. The highest BCUT2D eigenvalue weighted by atomic mass is 19.1. The molecule has 158 valence electrons. The van der Waals surface area contributed by atoms with Gasteiger partial charge in [0.2, 0.25) is 0 Å². The third-order valence-electron chi connectivity index (χ3n) is 5.49. The van der Waals surface area contributed by atoms with E-state index in [-0.39, 0.29) is 19.6 Å². The summed E-state index contributed by atoms with van der Waals surface area (Å²) in [4.78, 5) is 23.0. The van der Waals surface area contributed by atoms with Gasteiger partial charge in [-0.3, -0.25) is 0 Å². The molecule has 3 rings (SSSR count). The highest BCUT2D eigenvalue weighted by Gasteiger charge is 2.34. The number of likely N-dealkylation sites (tertiary alicyclic amines) is 1. The van der Waals surface area contributed by atoms with Crippen LogP contribution >= 0.6 is 0 Å². The Morgan fingerprint density at radius 3 is 2.83 bits per heavy atom. The number of urea groups is 1. The third kappa shape index (κ3) is 5.09. The molecule has 0 saturated carbocycles. The number of benzene rings is 1. The molecule has 1 N–H and O–H groups in total. The van der Waals surface area contributed by atoms with E-state index in [2.05, 4.69) is 22.2 Å². The maximum atomic E-state index is 13.1. The highest BCUT2D eigenvalue weighted by Crippen LogP contribution is 2.28. The number of carbonyl (C=O) groups is 1. The zero-order chi connectivity index (χ0) is 21.0. The molecule has 7 heteroatoms. The number of aryl methyl sites for hydroxylation is 1. The second kappa shape index (κ2) is 9.31. The van der Waals surface area contributed by atoms with E-state index in [4.69, 9.17) is 4.74 Å². The summed E-state index contributed by atoms with van der Waals surface area (Å²) in [5.41, 5.74) is 2.36. The maximum absolute atomic E-state index is 13.1. The predicted octanol–water partition coefficient (Wildman–Crippen LogP) is 4.89. The molecule has 1 aliphatic heterocycles. The first kappa shape index (κ1) is 21.2. The van der Waals surface area contributed by atoms with Crippen molar-refractivity contribution in [3.63, 3.8) is 0 Å². The summed E-state index contributed by atoms with van der Waals surface area (Å²) in [6, 6.07) is 5.49. The number of carbonyl (C=O) groups excluding carboxylic acids is 1. The van der Waals surface area contributed by atoms with Crippen molar-refractivity contribution in [1.29, 1.82) is 0 Å². The number of anilines is 1. The number of hydrogen-bond acceptors (Lipinski definition) is 4. The van der Waals surface area contributed by atoms with E-state index in [1.54, 1.807) is 0 Å². The molecule has 29 heavy (non-hydrogen) atoms. The number of halogens is 1. The lowest BCUT2D eigenvalue weighted by atomic mass is 9.90. The van der Waals surface area contributed by atoms with Crippen molar-refractivity contribution in [3.8, 4) is 11.4 Å². The SMILES string of the molecule is CCO[C@@H](C)C1C[C@@H](C)CCN1C(=O)Nc1ccc(C)c(-c2ncc(F)cn2)c1.[HH]. The van der Waals surface area contributed by atoms with Crippen molar-refractivity contribution in [3.05, 3.63) is 42.0 Å². The topological polar surface area (TPSA) is 67.3 Å². The molecule has 1 unspecified atom stereocenters. The minimum Gasteiger partial charge on any atom is -0.377 e. The summed E-state index contributed by atoms with van der Waals surface area (Å²) >= 11 is 0. The van der Waals surface area contributed by atoms with Crippen molar-refractivity contribution >= 4 is 11.7 Å². The van der Waals surface area contributed by atoms with E-state index >= 15 is 0 Å². The number of amides is 2. The zero-order valence-corrected chi connectivity index (χ0v) is 17.5. The highest BCUT2D eigenvalue weighted by molar-refractivity contribution is 5.90. The van der Waals surface area contributed by atoms with Crippen LogP contribution in [0.5, 0.6) is 0 Å². The molecular formula is C22H31FN4O2. The van der Waals surface area contributed by atoms with Crippen LogP contribution in [0.4, 0.5) is 14.9 Å². The van der Waals surface area contributed by atoms with Gasteiger partial charge in [-0.15, -0.1) is 0 Å². The van der Waals surface area contributed by atoms with Gasteiger partial charge in [0, 0.05) is 25.8 Å². The van der Waals surface area contributed by atoms with Gasteiger partial charge in [0.1, 0.15) is 0 Å². The van der Waals surface area contributed by atoms with Gasteiger partial charge in [-0.25, -0.2) is 19.2 Å². The Morgan fingerprint density at radius 1 is 1.41 bits per heavy atom. The van der Waals surface area contributed by atoms with Gasteiger partial charge in [-0.05, 0) is 57.2 Å². The van der Waals surface area contributed by atoms with E-state index in [9.17, 15) is 9.18 Å². The Labute approximate surface area is 173 Å². The first-order valence-electron chi connectivity index (χ1n) is 10.2. The molecule has 0 radical (unpaired) electrons. The molecule has 1 fully saturated rings. The van der Waals surface area contributed by atoms with Gasteiger partial charge in [0.15, 0.2) is 11.6 Å². The number of hydrogen-bond donors (Lipinski definition) is 1. The van der Waals surface area contributed by atoms with E-state index in [0.717, 1.165) is 36.4 Å². The number of rotatable bonds is 5. The van der Waals surface area contributed by atoms with Gasteiger partial charge >= 0.3 is 6.03 Å². The molecule has 1 aliphatic rings. The van der Waals surface area contributed by atoms with Gasteiger partial charge in [-0.2, -0.15) is 0 Å². The fraction of sp³-hybridized carbons (Fsp3) is 0.500. The predicted molar refractivity (Wildman–Crippen MR) is 113 cm³/mol. The minimum atomic E-state index is -0.482. The molecule has 0 bridgehead atoms. The first-order chi connectivity index (χ1) is 13.9. The molecule has 6 nitrogen and oxygen atoms in total. The van der Waals surface area contributed by atoms with E-state index in [1.807, 2.05) is 43.9 Å². The number of ether oxygens (including phenoxy) is 1. The van der Waals surface area contributed by atoms with Crippen molar-refractivity contribution in [1.82, 2.24) is 14.9 Å². The molecule has 2 amide bonds. The number of nitrogens with zero attached hydrogens (tertiary/aromatic N) is 3. The van der Waals surface area contributed by atoms with Crippen LogP contribution in [0.25, 0.3) is 11.4 Å². The Morgan fingerprint density at radius 2 is 2.14 bits per heavy atom. The lowest BCUT2D eigenvalue weighted by molar-refractivity contribution is -0.00525. The second-order valence-corrected chi connectivity index (χ2v) is 7.74. The molecule has 1 saturated heterocycles. The average molecular weight is 403 g/mol. The molecule has 0 spiro atoms. The fourth-order valence-corrected chi connectivity index (χ4v) is 3.84. The molecule has 3 atom stereocenters. The quantitative estimate of drug-likeness (QED) is 0.773. The number of nitrogens with one attached hydrogen (secondary N) is 1. The van der Waals surface area contributed by atoms with Gasteiger partial charge in [0.05, 0.1) is 24.5 Å². The van der Waals surface area contributed by atoms with Crippen LogP contribution in [0.3, 0.4) is 0 Å². The van der Waals surface area contributed by atoms with Crippen molar-refractivity contribution in [2.75, 3.05) is 18.5 Å². The van der Waals surface area contributed by atoms with E-state index in [0.29, 0.717) is 30.6 Å². The van der Waals surface area contributed by atoms with Crippen LogP contribution in [-0.4, -0.2) is 46.2 Å². The monoisotopic (exact) mass is 402 g/mol. The Balaban J connectivity index is 0.00000320. The Bertz CT molecular complexity index is 850. The lowest BCUT2D eigenvalue weighted by Gasteiger charge is -2.41. The van der Waals surface area contributed by atoms with Crippen LogP contribution in [0.15, 0.2) is 30.6 Å². The summed E-state index contributed by atoms with van der Waals surface area (Å²) < 4.78 is 18.9. The van der Waals surface area contributed by atoms with Crippen LogP contribution in [0.2, 0.25) is 0 Å². The van der Waals surface area contributed by atoms with Crippen molar-refractivity contribution in [2.24, 2.45) is 5.92 Å². The number of piperidine rings is 1. The molecule has 1 aromatic carbocycles. The van der Waals surface area contributed by atoms with Crippen molar-refractivity contribution in [2.45, 2.75) is 52.7 Å². The van der Waals surface area contributed by atoms with E-state index < -0.39 is 5.82 Å². The minimum absolute atomic E-state index is 0. The largest absolute Gasteiger partial charge is 0.377 e. The van der Waals surface area contributed by atoms with Crippen LogP contribution in [0, 0.1) is 18.7 Å². The summed E-state index contributed by atoms with van der Waals surface area (Å²) in [5.74, 6) is 0.507. The van der Waals surface area contributed by atoms with Gasteiger partial charge in [-0.1, -0.05) is 13.0 Å². The fourth-order valence-electron chi connectivity index (χ4n) is 3.84. The summed E-state index contributed by atoms with van der Waals surface area (Å²) in [6.45, 7) is 9.48. The summed E-state index contributed by atoms with van der Waals surface area (Å²) in [6.07, 6.45) is 4.17. The molecule has 1 aromatic heterocycles. The Hall–Kier alpha value is -2.54. The second-order valence-electron chi connectivity index (χ2n) is 7.74. The number of aromatic nitrogens is 2. The molecule has 0 aliphatic carbocycles. The normalized spacial score (nSPS) is 20.4. The summed E-state index contributed by atoms with van der Waals surface area (Å²) in [7, 11) is 0. The van der Waals surface area contributed by atoms with Gasteiger partial charge in [0.25, 0.3) is 0 Å². The van der Waals surface area contributed by atoms with Gasteiger partial charge < -0.3 is 15.0 Å². The van der Waals surface area contributed by atoms with Crippen LogP contribution < -0.4 is 5.32 Å². The summed E-state index contributed by atoms with van der Waals surface area (Å²) in [5, 5.41) is 3.00. The van der Waals surface area contributed by atoms with Crippen LogP contribution in [0.1, 0.15) is 40.6 Å². The Kier molecular flexibility index (Phi) is 6.79. The van der Waals surface area contributed by atoms with Crippen LogP contribution in [-0.2, 0) is 4.74 Å². The zero-order valence-electron chi connectivity index (χ0n) is 17.5. The lowest BCUT2D eigenvalue weighted by Crippen LogP contribution is -2.52. The standard InChI is InChI=1S/C22H29FN4O2.H2/c1-5-29-16(4)20-10-14(2)8-9-27(20)22(28)26-18-7-6-15(3)19(11-18)21-24-12-17(23)13-25-21;/h6-7,11-14,16,20H,5,8-10H2,1-4H3,(H,26,28);1H/t14-,16-,20?;/m0./s1. The average Bonchev–Trinajstić information content (AvgIpc) is 2.70. The first-order valence-corrected chi connectivity index (χ1v) is 10.2. The molecular weight excluding hydrogens is 371 g/mol. The smallest absolute Gasteiger partial charge is 0.322 e. The maximum Gasteiger partial charge on any atom is 0.322 e. The molecule has 2 aromatic rings. The molecule has 2 heterocycles. The van der Waals surface area contributed by atoms with E-state index in [1.165, 1.54) is 0 Å².